The van der Waals surface area contributed by atoms with Gasteiger partial charge in [0.2, 0.25) is 5.91 Å². The van der Waals surface area contributed by atoms with Crippen molar-refractivity contribution in [2.75, 3.05) is 11.1 Å². The highest BCUT2D eigenvalue weighted by Crippen LogP contribution is 2.22. The molecule has 22 heavy (non-hydrogen) atoms. The summed E-state index contributed by atoms with van der Waals surface area (Å²) in [7, 11) is 1.73. The van der Waals surface area contributed by atoms with E-state index in [9.17, 15) is 9.18 Å². The molecule has 112 valence electrons. The van der Waals surface area contributed by atoms with Crippen molar-refractivity contribution in [1.82, 2.24) is 25.0 Å². The number of halogens is 1. The average Bonchev–Trinajstić information content (AvgIpc) is 2.90. The molecule has 0 bridgehead atoms. The van der Waals surface area contributed by atoms with Crippen LogP contribution in [0.1, 0.15) is 0 Å². The molecule has 2 aromatic heterocycles. The molecule has 3 rings (SSSR count). The molecule has 7 nitrogen and oxygen atoms in total. The molecule has 0 saturated carbocycles. The third-order valence-corrected chi connectivity index (χ3v) is 3.80. The summed E-state index contributed by atoms with van der Waals surface area (Å²) in [6, 6.07) is 5.58. The molecule has 0 spiro atoms. The van der Waals surface area contributed by atoms with Gasteiger partial charge in [-0.3, -0.25) is 4.79 Å². The average molecular weight is 318 g/mol. The van der Waals surface area contributed by atoms with Crippen molar-refractivity contribution in [3.63, 3.8) is 0 Å². The first-order valence-corrected chi connectivity index (χ1v) is 7.30. The van der Waals surface area contributed by atoms with E-state index in [0.29, 0.717) is 21.9 Å². The van der Waals surface area contributed by atoms with Crippen LogP contribution in [0.4, 0.5) is 10.1 Å². The minimum atomic E-state index is -0.349. The minimum absolute atomic E-state index is 0.153. The maximum Gasteiger partial charge on any atom is 0.234 e. The standard InChI is InChI=1S/C13H11FN6OS/c1-20-12-11(18-19-20)13(16-7-15-12)22-6-10(21)17-9-4-2-8(14)3-5-9/h2-5,7H,6H2,1H3,(H,17,21). The molecule has 1 amide bonds. The van der Waals surface area contributed by atoms with Gasteiger partial charge in [0.15, 0.2) is 11.2 Å². The van der Waals surface area contributed by atoms with E-state index in [-0.39, 0.29) is 17.5 Å². The number of hydrogen-bond donors (Lipinski definition) is 1. The smallest absolute Gasteiger partial charge is 0.234 e. The molecule has 9 heteroatoms. The fourth-order valence-corrected chi connectivity index (χ4v) is 2.53. The molecule has 0 aliphatic heterocycles. The van der Waals surface area contributed by atoms with E-state index in [1.807, 2.05) is 0 Å². The predicted octanol–water partition coefficient (Wildman–Crippen LogP) is 1.63. The SMILES string of the molecule is Cn1nnc2c(SCC(=O)Nc3ccc(F)cc3)ncnc21. The Morgan fingerprint density at radius 2 is 2.09 bits per heavy atom. The fraction of sp³-hybridized carbons (Fsp3) is 0.154. The van der Waals surface area contributed by atoms with Crippen LogP contribution in [-0.2, 0) is 11.8 Å². The Morgan fingerprint density at radius 3 is 2.86 bits per heavy atom. The van der Waals surface area contributed by atoms with Gasteiger partial charge in [-0.25, -0.2) is 19.0 Å². The van der Waals surface area contributed by atoms with E-state index in [0.717, 1.165) is 0 Å². The number of hydrogen-bond acceptors (Lipinski definition) is 6. The van der Waals surface area contributed by atoms with Gasteiger partial charge in [-0.15, -0.1) is 5.10 Å². The quantitative estimate of drug-likeness (QED) is 0.581. The van der Waals surface area contributed by atoms with Crippen LogP contribution in [0.2, 0.25) is 0 Å². The van der Waals surface area contributed by atoms with Gasteiger partial charge >= 0.3 is 0 Å². The molecule has 1 aromatic carbocycles. The zero-order chi connectivity index (χ0) is 15.5. The molecule has 1 N–H and O–H groups in total. The number of benzene rings is 1. The topological polar surface area (TPSA) is 85.6 Å². The molecule has 0 saturated heterocycles. The van der Waals surface area contributed by atoms with E-state index in [1.54, 1.807) is 11.7 Å². The van der Waals surface area contributed by atoms with Gasteiger partial charge in [0.1, 0.15) is 17.2 Å². The predicted molar refractivity (Wildman–Crippen MR) is 79.9 cm³/mol. The van der Waals surface area contributed by atoms with Crippen molar-refractivity contribution < 1.29 is 9.18 Å². The lowest BCUT2D eigenvalue weighted by atomic mass is 10.3. The molecule has 0 unspecified atom stereocenters. The number of aromatic nitrogens is 5. The molecular formula is C13H11FN6OS. The van der Waals surface area contributed by atoms with Crippen LogP contribution in [0.25, 0.3) is 11.2 Å². The molecule has 3 aromatic rings. The molecule has 0 fully saturated rings. The first-order valence-electron chi connectivity index (χ1n) is 6.32. The van der Waals surface area contributed by atoms with Crippen LogP contribution < -0.4 is 5.32 Å². The van der Waals surface area contributed by atoms with Gasteiger partial charge < -0.3 is 5.32 Å². The lowest BCUT2D eigenvalue weighted by Gasteiger charge is -2.04. The highest BCUT2D eigenvalue weighted by atomic mass is 32.2. The molecular weight excluding hydrogens is 307 g/mol. The largest absolute Gasteiger partial charge is 0.325 e. The second-order valence-corrected chi connectivity index (χ2v) is 5.37. The summed E-state index contributed by atoms with van der Waals surface area (Å²) < 4.78 is 14.3. The first kappa shape index (κ1) is 14.4. The lowest BCUT2D eigenvalue weighted by molar-refractivity contribution is -0.113. The maximum absolute atomic E-state index is 12.8. The number of nitrogens with zero attached hydrogens (tertiary/aromatic N) is 5. The maximum atomic E-state index is 12.8. The Labute approximate surface area is 128 Å². The number of amides is 1. The summed E-state index contributed by atoms with van der Waals surface area (Å²) in [5.41, 5.74) is 1.71. The number of rotatable bonds is 4. The normalized spacial score (nSPS) is 10.8. The third-order valence-electron chi connectivity index (χ3n) is 2.82. The van der Waals surface area contributed by atoms with Gasteiger partial charge in [-0.2, -0.15) is 0 Å². The van der Waals surface area contributed by atoms with Crippen LogP contribution >= 0.6 is 11.8 Å². The molecule has 0 radical (unpaired) electrons. The number of thioether (sulfide) groups is 1. The van der Waals surface area contributed by atoms with Gasteiger partial charge in [-0.05, 0) is 24.3 Å². The van der Waals surface area contributed by atoms with Crippen LogP contribution in [0, 0.1) is 5.82 Å². The minimum Gasteiger partial charge on any atom is -0.325 e. The number of anilines is 1. The second-order valence-electron chi connectivity index (χ2n) is 4.41. The second kappa shape index (κ2) is 6.06. The van der Waals surface area contributed by atoms with Crippen LogP contribution in [0.3, 0.4) is 0 Å². The van der Waals surface area contributed by atoms with Gasteiger partial charge in [0, 0.05) is 12.7 Å². The van der Waals surface area contributed by atoms with Crippen LogP contribution in [0.5, 0.6) is 0 Å². The Kier molecular flexibility index (Phi) is 3.96. The van der Waals surface area contributed by atoms with Crippen LogP contribution in [-0.4, -0.2) is 36.6 Å². The third kappa shape index (κ3) is 3.03. The summed E-state index contributed by atoms with van der Waals surface area (Å²) in [5, 5.41) is 11.1. The summed E-state index contributed by atoms with van der Waals surface area (Å²) >= 11 is 1.24. The Morgan fingerprint density at radius 1 is 1.32 bits per heavy atom. The first-order chi connectivity index (χ1) is 10.6. The van der Waals surface area contributed by atoms with E-state index in [1.165, 1.54) is 42.4 Å². The molecule has 0 aliphatic carbocycles. The number of fused-ring (bicyclic) bond motifs is 1. The van der Waals surface area contributed by atoms with Crippen molar-refractivity contribution >= 4 is 34.5 Å². The highest BCUT2D eigenvalue weighted by molar-refractivity contribution is 8.00. The van der Waals surface area contributed by atoms with Gasteiger partial charge in [0.05, 0.1) is 5.75 Å². The monoisotopic (exact) mass is 318 g/mol. The fourth-order valence-electron chi connectivity index (χ4n) is 1.80. The zero-order valence-corrected chi connectivity index (χ0v) is 12.3. The number of nitrogens with one attached hydrogen (secondary N) is 1. The highest BCUT2D eigenvalue weighted by Gasteiger charge is 2.12. The Bertz CT molecular complexity index is 819. The zero-order valence-electron chi connectivity index (χ0n) is 11.5. The van der Waals surface area contributed by atoms with E-state index in [2.05, 4.69) is 25.6 Å². The number of carbonyl (C=O) groups is 1. The molecule has 0 atom stereocenters. The van der Waals surface area contributed by atoms with Crippen molar-refractivity contribution in [1.29, 1.82) is 0 Å². The van der Waals surface area contributed by atoms with E-state index >= 15 is 0 Å². The lowest BCUT2D eigenvalue weighted by Crippen LogP contribution is -2.14. The van der Waals surface area contributed by atoms with Gasteiger partial charge in [-0.1, -0.05) is 17.0 Å². The van der Waals surface area contributed by atoms with Crippen LogP contribution in [0.15, 0.2) is 35.6 Å². The Hall–Kier alpha value is -2.55. The molecule has 0 aliphatic rings. The van der Waals surface area contributed by atoms with Crippen molar-refractivity contribution in [3.05, 3.63) is 36.4 Å². The number of aryl methyl sites for hydroxylation is 1. The Balaban J connectivity index is 1.66. The number of carbonyl (C=O) groups excluding carboxylic acids is 1. The van der Waals surface area contributed by atoms with Crippen molar-refractivity contribution in [2.45, 2.75) is 5.03 Å². The van der Waals surface area contributed by atoms with Crippen molar-refractivity contribution in [3.8, 4) is 0 Å². The summed E-state index contributed by atoms with van der Waals surface area (Å²) in [4.78, 5) is 20.1. The summed E-state index contributed by atoms with van der Waals surface area (Å²) in [6.07, 6.45) is 1.41. The summed E-state index contributed by atoms with van der Waals surface area (Å²) in [6.45, 7) is 0. The summed E-state index contributed by atoms with van der Waals surface area (Å²) in [5.74, 6) is -0.411. The molecule has 2 heterocycles. The van der Waals surface area contributed by atoms with E-state index < -0.39 is 0 Å². The van der Waals surface area contributed by atoms with Gasteiger partial charge in [0.25, 0.3) is 0 Å². The van der Waals surface area contributed by atoms with Crippen molar-refractivity contribution in [2.24, 2.45) is 7.05 Å². The van der Waals surface area contributed by atoms with E-state index in [4.69, 9.17) is 0 Å².